The first-order valence-corrected chi connectivity index (χ1v) is 5.58. The van der Waals surface area contributed by atoms with Crippen molar-refractivity contribution >= 4 is 0 Å². The zero-order valence-corrected chi connectivity index (χ0v) is 9.92. The minimum absolute atomic E-state index is 0.277. The highest BCUT2D eigenvalue weighted by atomic mass is 16.5. The first-order chi connectivity index (χ1) is 7.27. The molecule has 0 spiro atoms. The predicted octanol–water partition coefficient (Wildman–Crippen LogP) is 2.37. The Balaban J connectivity index is 2.43. The van der Waals surface area contributed by atoms with Gasteiger partial charge in [0.2, 0.25) is 0 Å². The van der Waals surface area contributed by atoms with E-state index in [1.165, 1.54) is 11.1 Å². The molecule has 0 radical (unpaired) electrons. The van der Waals surface area contributed by atoms with Gasteiger partial charge in [0.05, 0.1) is 6.10 Å². The summed E-state index contributed by atoms with van der Waals surface area (Å²) in [5.41, 5.74) is 2.82. The fourth-order valence-corrected chi connectivity index (χ4v) is 1.57. The third kappa shape index (κ3) is 4.02. The maximum absolute atomic E-state index is 5.18. The Hall–Kier alpha value is -0.860. The number of hydrogen-bond acceptors (Lipinski definition) is 2. The van der Waals surface area contributed by atoms with Gasteiger partial charge in [0.15, 0.2) is 0 Å². The molecule has 1 rings (SSSR count). The van der Waals surface area contributed by atoms with Crippen molar-refractivity contribution in [2.45, 2.75) is 32.9 Å². The van der Waals surface area contributed by atoms with E-state index in [0.29, 0.717) is 0 Å². The van der Waals surface area contributed by atoms with Crippen LogP contribution in [0, 0.1) is 0 Å². The molecule has 2 nitrogen and oxygen atoms in total. The highest BCUT2D eigenvalue weighted by molar-refractivity contribution is 5.26. The van der Waals surface area contributed by atoms with Gasteiger partial charge in [-0.3, -0.25) is 0 Å². The molecular weight excluding hydrogens is 186 g/mol. The Morgan fingerprint density at radius 3 is 2.53 bits per heavy atom. The summed E-state index contributed by atoms with van der Waals surface area (Å²) in [4.78, 5) is 0. The largest absolute Gasteiger partial charge is 0.380 e. The standard InChI is InChI=1S/C13H21NO/c1-4-12-7-5-6-8-13(12)10-14-9-11(2)15-3/h5-8,11,14H,4,9-10H2,1-3H3. The molecule has 0 saturated heterocycles. The van der Waals surface area contributed by atoms with Gasteiger partial charge >= 0.3 is 0 Å². The second-order valence-corrected chi connectivity index (χ2v) is 3.80. The smallest absolute Gasteiger partial charge is 0.0667 e. The van der Waals surface area contributed by atoms with Crippen LogP contribution in [0.4, 0.5) is 0 Å². The van der Waals surface area contributed by atoms with E-state index in [1.807, 2.05) is 0 Å². The van der Waals surface area contributed by atoms with Crippen molar-refractivity contribution in [3.05, 3.63) is 35.4 Å². The van der Waals surface area contributed by atoms with Crippen molar-refractivity contribution < 1.29 is 4.74 Å². The molecule has 0 aromatic heterocycles. The maximum Gasteiger partial charge on any atom is 0.0667 e. The number of ether oxygens (including phenoxy) is 1. The van der Waals surface area contributed by atoms with Crippen LogP contribution in [0.1, 0.15) is 25.0 Å². The van der Waals surface area contributed by atoms with Crippen molar-refractivity contribution in [2.24, 2.45) is 0 Å². The van der Waals surface area contributed by atoms with Crippen molar-refractivity contribution in [3.8, 4) is 0 Å². The van der Waals surface area contributed by atoms with Gasteiger partial charge in [-0.05, 0) is 24.5 Å². The normalized spacial score (nSPS) is 12.7. The molecule has 0 heterocycles. The van der Waals surface area contributed by atoms with Crippen molar-refractivity contribution in [3.63, 3.8) is 0 Å². The number of nitrogens with one attached hydrogen (secondary N) is 1. The molecule has 0 aliphatic heterocycles. The van der Waals surface area contributed by atoms with E-state index in [-0.39, 0.29) is 6.10 Å². The van der Waals surface area contributed by atoms with Gasteiger partial charge < -0.3 is 10.1 Å². The van der Waals surface area contributed by atoms with E-state index in [4.69, 9.17) is 4.74 Å². The first-order valence-electron chi connectivity index (χ1n) is 5.58. The zero-order valence-electron chi connectivity index (χ0n) is 9.92. The second-order valence-electron chi connectivity index (χ2n) is 3.80. The highest BCUT2D eigenvalue weighted by Crippen LogP contribution is 2.08. The van der Waals surface area contributed by atoms with Gasteiger partial charge in [-0.1, -0.05) is 31.2 Å². The summed E-state index contributed by atoms with van der Waals surface area (Å²) in [5, 5.41) is 3.40. The van der Waals surface area contributed by atoms with Crippen LogP contribution in [-0.2, 0) is 17.7 Å². The van der Waals surface area contributed by atoms with E-state index < -0.39 is 0 Å². The highest BCUT2D eigenvalue weighted by Gasteiger charge is 2.01. The third-order valence-electron chi connectivity index (χ3n) is 2.65. The summed E-state index contributed by atoms with van der Waals surface area (Å²) in [5.74, 6) is 0. The van der Waals surface area contributed by atoms with E-state index >= 15 is 0 Å². The van der Waals surface area contributed by atoms with Crippen molar-refractivity contribution in [2.75, 3.05) is 13.7 Å². The Labute approximate surface area is 92.6 Å². The quantitative estimate of drug-likeness (QED) is 0.773. The van der Waals surface area contributed by atoms with Crippen LogP contribution >= 0.6 is 0 Å². The monoisotopic (exact) mass is 207 g/mol. The number of hydrogen-bond donors (Lipinski definition) is 1. The van der Waals surface area contributed by atoms with Crippen LogP contribution in [-0.4, -0.2) is 19.8 Å². The van der Waals surface area contributed by atoms with Gasteiger partial charge in [0.1, 0.15) is 0 Å². The second kappa shape index (κ2) is 6.59. The average Bonchev–Trinajstić information content (AvgIpc) is 2.29. The SMILES string of the molecule is CCc1ccccc1CNCC(C)OC. The first kappa shape index (κ1) is 12.2. The molecule has 2 heteroatoms. The minimum Gasteiger partial charge on any atom is -0.380 e. The predicted molar refractivity (Wildman–Crippen MR) is 64.0 cm³/mol. The summed E-state index contributed by atoms with van der Waals surface area (Å²) in [6.07, 6.45) is 1.37. The number of aryl methyl sites for hydroxylation is 1. The van der Waals surface area contributed by atoms with E-state index in [2.05, 4.69) is 43.4 Å². The Kier molecular flexibility index (Phi) is 5.37. The molecule has 1 atom stereocenters. The van der Waals surface area contributed by atoms with Crippen molar-refractivity contribution in [1.29, 1.82) is 0 Å². The molecule has 0 fully saturated rings. The number of methoxy groups -OCH3 is 1. The fourth-order valence-electron chi connectivity index (χ4n) is 1.57. The van der Waals surface area contributed by atoms with Gasteiger partial charge in [0, 0.05) is 20.2 Å². The number of rotatable bonds is 6. The topological polar surface area (TPSA) is 21.3 Å². The molecule has 15 heavy (non-hydrogen) atoms. The summed E-state index contributed by atoms with van der Waals surface area (Å²) in [7, 11) is 1.74. The lowest BCUT2D eigenvalue weighted by atomic mass is 10.1. The molecule has 84 valence electrons. The number of benzene rings is 1. The summed E-state index contributed by atoms with van der Waals surface area (Å²) < 4.78 is 5.18. The molecule has 0 amide bonds. The van der Waals surface area contributed by atoms with Gasteiger partial charge in [0.25, 0.3) is 0 Å². The molecule has 1 unspecified atom stereocenters. The van der Waals surface area contributed by atoms with Gasteiger partial charge in [-0.15, -0.1) is 0 Å². The van der Waals surface area contributed by atoms with Crippen LogP contribution < -0.4 is 5.32 Å². The molecular formula is C13H21NO. The molecule has 1 N–H and O–H groups in total. The zero-order chi connectivity index (χ0) is 11.1. The van der Waals surface area contributed by atoms with Crippen molar-refractivity contribution in [1.82, 2.24) is 5.32 Å². The lowest BCUT2D eigenvalue weighted by Gasteiger charge is -2.12. The fraction of sp³-hybridized carbons (Fsp3) is 0.538. The van der Waals surface area contributed by atoms with E-state index in [1.54, 1.807) is 7.11 Å². The van der Waals surface area contributed by atoms with E-state index in [9.17, 15) is 0 Å². The van der Waals surface area contributed by atoms with E-state index in [0.717, 1.165) is 19.5 Å². The molecule has 0 aliphatic rings. The summed E-state index contributed by atoms with van der Waals surface area (Å²) in [6, 6.07) is 8.57. The molecule has 0 saturated carbocycles. The summed E-state index contributed by atoms with van der Waals surface area (Å²) >= 11 is 0. The third-order valence-corrected chi connectivity index (χ3v) is 2.65. The molecule has 0 bridgehead atoms. The van der Waals surface area contributed by atoms with Crippen LogP contribution in [0.25, 0.3) is 0 Å². The Morgan fingerprint density at radius 2 is 1.93 bits per heavy atom. The van der Waals surface area contributed by atoms with Crippen LogP contribution in [0.2, 0.25) is 0 Å². The van der Waals surface area contributed by atoms with Crippen LogP contribution in [0.15, 0.2) is 24.3 Å². The molecule has 0 aliphatic carbocycles. The van der Waals surface area contributed by atoms with Crippen LogP contribution in [0.5, 0.6) is 0 Å². The van der Waals surface area contributed by atoms with Crippen LogP contribution in [0.3, 0.4) is 0 Å². The Bertz CT molecular complexity index is 286. The summed E-state index contributed by atoms with van der Waals surface area (Å²) in [6.45, 7) is 6.08. The lowest BCUT2D eigenvalue weighted by molar-refractivity contribution is 0.117. The molecule has 1 aromatic carbocycles. The minimum atomic E-state index is 0.277. The average molecular weight is 207 g/mol. The van der Waals surface area contributed by atoms with Gasteiger partial charge in [-0.25, -0.2) is 0 Å². The maximum atomic E-state index is 5.18. The van der Waals surface area contributed by atoms with Gasteiger partial charge in [-0.2, -0.15) is 0 Å². The molecule has 1 aromatic rings. The lowest BCUT2D eigenvalue weighted by Crippen LogP contribution is -2.25. The Morgan fingerprint density at radius 1 is 1.27 bits per heavy atom.